The number of carbonyl (C=O) groups excluding carboxylic acids is 1. The molecular weight excluding hydrogens is 485 g/mol. The van der Waals surface area contributed by atoms with Gasteiger partial charge in [0.05, 0.1) is 43.4 Å². The number of amides is 1. The second-order valence-electron chi connectivity index (χ2n) is 7.45. The number of hydrogen-bond donors (Lipinski definition) is 5. The lowest BCUT2D eigenvalue weighted by molar-refractivity contribution is -0.125. The monoisotopic (exact) mass is 513 g/mol. The number of carbonyl (C=O) groups is 1. The molecular formula is C20H28N5O9P. The molecule has 0 radical (unpaired) electrons. The molecule has 0 spiro atoms. The molecule has 1 amide bonds. The van der Waals surface area contributed by atoms with Crippen molar-refractivity contribution in [3.8, 4) is 11.8 Å². The van der Waals surface area contributed by atoms with Crippen LogP contribution in [0.1, 0.15) is 25.1 Å². The van der Waals surface area contributed by atoms with E-state index in [1.165, 1.54) is 6.33 Å². The van der Waals surface area contributed by atoms with Crippen LogP contribution in [0.5, 0.6) is 0 Å². The van der Waals surface area contributed by atoms with Crippen LogP contribution in [0.2, 0.25) is 0 Å². The number of nitrogens with two attached hydrogens (primary N) is 1. The van der Waals surface area contributed by atoms with Gasteiger partial charge in [-0.25, -0.2) is 14.5 Å². The minimum absolute atomic E-state index is 0.0638. The molecule has 3 atom stereocenters. The summed E-state index contributed by atoms with van der Waals surface area (Å²) in [5, 5.41) is 13.4. The van der Waals surface area contributed by atoms with Gasteiger partial charge in [0.1, 0.15) is 36.7 Å². The van der Waals surface area contributed by atoms with E-state index in [9.17, 15) is 14.5 Å². The molecule has 1 aliphatic rings. The number of aliphatic hydroxyl groups is 1. The number of phosphoric ester groups is 1. The van der Waals surface area contributed by atoms with Gasteiger partial charge in [0.2, 0.25) is 5.91 Å². The van der Waals surface area contributed by atoms with Crippen LogP contribution < -0.4 is 11.1 Å². The predicted molar refractivity (Wildman–Crippen MR) is 122 cm³/mol. The minimum atomic E-state index is -4.71. The van der Waals surface area contributed by atoms with E-state index in [0.717, 1.165) is 0 Å². The summed E-state index contributed by atoms with van der Waals surface area (Å²) in [7, 11) is -4.71. The summed E-state index contributed by atoms with van der Waals surface area (Å²) in [5.41, 5.74) is 6.92. The van der Waals surface area contributed by atoms with E-state index >= 15 is 0 Å². The van der Waals surface area contributed by atoms with E-state index in [1.807, 2.05) is 6.92 Å². The van der Waals surface area contributed by atoms with Crippen molar-refractivity contribution >= 4 is 30.6 Å². The Labute approximate surface area is 201 Å². The largest absolute Gasteiger partial charge is 0.469 e. The Balaban J connectivity index is 1.67. The zero-order valence-corrected chi connectivity index (χ0v) is 19.9. The summed E-state index contributed by atoms with van der Waals surface area (Å²) in [4.78, 5) is 37.9. The highest BCUT2D eigenvalue weighted by molar-refractivity contribution is 7.46. The quantitative estimate of drug-likeness (QED) is 0.144. The van der Waals surface area contributed by atoms with Gasteiger partial charge in [0.25, 0.3) is 0 Å². The third-order valence-corrected chi connectivity index (χ3v) is 5.45. The van der Waals surface area contributed by atoms with Crippen LogP contribution in [0.3, 0.4) is 0 Å². The van der Waals surface area contributed by atoms with Crippen LogP contribution in [0.4, 0.5) is 5.82 Å². The molecule has 3 rings (SSSR count). The van der Waals surface area contributed by atoms with Crippen molar-refractivity contribution < 1.29 is 43.0 Å². The van der Waals surface area contributed by atoms with E-state index in [-0.39, 0.29) is 31.3 Å². The SMILES string of the molecule is CCOCCOCC(=O)NCC#Cc1cn([C@H]2C[C@@H](O)[C@@H](COP(=O)(O)O)O2)c2ncnc(N)c12. The first-order chi connectivity index (χ1) is 16.7. The van der Waals surface area contributed by atoms with E-state index in [4.69, 9.17) is 29.7 Å². The molecule has 1 saturated heterocycles. The van der Waals surface area contributed by atoms with Gasteiger partial charge >= 0.3 is 7.82 Å². The smallest absolute Gasteiger partial charge is 0.390 e. The first-order valence-corrected chi connectivity index (χ1v) is 12.3. The average Bonchev–Trinajstić information content (AvgIpc) is 3.35. The Morgan fingerprint density at radius 3 is 2.89 bits per heavy atom. The summed E-state index contributed by atoms with van der Waals surface area (Å²) in [5.74, 6) is 5.63. The third-order valence-electron chi connectivity index (χ3n) is 4.97. The van der Waals surface area contributed by atoms with Crippen molar-refractivity contribution in [2.75, 3.05) is 45.3 Å². The Kier molecular flexibility index (Phi) is 9.55. The lowest BCUT2D eigenvalue weighted by atomic mass is 10.2. The van der Waals surface area contributed by atoms with E-state index in [1.54, 1.807) is 10.8 Å². The molecule has 2 aromatic rings. The van der Waals surface area contributed by atoms with Crippen molar-refractivity contribution in [3.63, 3.8) is 0 Å². The number of anilines is 1. The predicted octanol–water partition coefficient (Wildman–Crippen LogP) is -0.708. The zero-order valence-electron chi connectivity index (χ0n) is 19.0. The van der Waals surface area contributed by atoms with Crippen LogP contribution in [0.15, 0.2) is 12.5 Å². The fourth-order valence-corrected chi connectivity index (χ4v) is 3.73. The van der Waals surface area contributed by atoms with Gasteiger partial charge in [-0.3, -0.25) is 9.32 Å². The zero-order chi connectivity index (χ0) is 25.4. The number of nitrogens with one attached hydrogen (secondary N) is 1. The average molecular weight is 513 g/mol. The number of hydrogen-bond acceptors (Lipinski definition) is 10. The highest BCUT2D eigenvalue weighted by atomic mass is 31.2. The summed E-state index contributed by atoms with van der Waals surface area (Å²) in [6.07, 6.45) is 0.335. The van der Waals surface area contributed by atoms with Crippen molar-refractivity contribution in [1.29, 1.82) is 0 Å². The number of aromatic nitrogens is 3. The number of ether oxygens (including phenoxy) is 3. The normalized spacial score (nSPS) is 20.1. The molecule has 0 bridgehead atoms. The van der Waals surface area contributed by atoms with Crippen LogP contribution >= 0.6 is 7.82 Å². The van der Waals surface area contributed by atoms with Gasteiger partial charge < -0.3 is 44.7 Å². The fraction of sp³-hybridized carbons (Fsp3) is 0.550. The molecule has 14 nitrogen and oxygen atoms in total. The Morgan fingerprint density at radius 2 is 2.14 bits per heavy atom. The molecule has 0 aliphatic carbocycles. The second kappa shape index (κ2) is 12.4. The van der Waals surface area contributed by atoms with E-state index in [2.05, 4.69) is 31.6 Å². The first kappa shape index (κ1) is 27.0. The molecule has 1 aliphatic heterocycles. The molecule has 3 heterocycles. The maximum Gasteiger partial charge on any atom is 0.469 e. The third kappa shape index (κ3) is 7.69. The lowest BCUT2D eigenvalue weighted by Gasteiger charge is -2.16. The van der Waals surface area contributed by atoms with Gasteiger partial charge in [-0.1, -0.05) is 11.8 Å². The number of nitrogen functional groups attached to an aromatic ring is 1. The molecule has 2 aromatic heterocycles. The molecule has 15 heteroatoms. The number of rotatable bonds is 11. The minimum Gasteiger partial charge on any atom is -0.390 e. The highest BCUT2D eigenvalue weighted by Crippen LogP contribution is 2.39. The summed E-state index contributed by atoms with van der Waals surface area (Å²) >= 11 is 0. The molecule has 0 unspecified atom stereocenters. The van der Waals surface area contributed by atoms with Crippen molar-refractivity contribution in [2.45, 2.75) is 31.8 Å². The Morgan fingerprint density at radius 1 is 1.37 bits per heavy atom. The Bertz CT molecular complexity index is 1130. The van der Waals surface area contributed by atoms with Crippen LogP contribution in [-0.4, -0.2) is 87.1 Å². The molecule has 35 heavy (non-hydrogen) atoms. The highest BCUT2D eigenvalue weighted by Gasteiger charge is 2.37. The number of aliphatic hydroxyl groups excluding tert-OH is 1. The van der Waals surface area contributed by atoms with E-state index in [0.29, 0.717) is 36.4 Å². The molecule has 6 N–H and O–H groups in total. The molecule has 0 aromatic carbocycles. The maximum absolute atomic E-state index is 11.8. The van der Waals surface area contributed by atoms with Gasteiger partial charge in [-0.05, 0) is 6.92 Å². The number of phosphoric acid groups is 1. The summed E-state index contributed by atoms with van der Waals surface area (Å²) in [6, 6.07) is 0. The van der Waals surface area contributed by atoms with Crippen molar-refractivity contribution in [1.82, 2.24) is 19.9 Å². The maximum atomic E-state index is 11.8. The summed E-state index contributed by atoms with van der Waals surface area (Å²) < 4.78 is 33.1. The van der Waals surface area contributed by atoms with Gasteiger partial charge in [-0.2, -0.15) is 0 Å². The second-order valence-corrected chi connectivity index (χ2v) is 8.69. The van der Waals surface area contributed by atoms with E-state index < -0.39 is 32.9 Å². The molecule has 192 valence electrons. The fourth-order valence-electron chi connectivity index (χ4n) is 3.39. The Hall–Kier alpha value is -2.60. The lowest BCUT2D eigenvalue weighted by Crippen LogP contribution is -2.28. The van der Waals surface area contributed by atoms with Gasteiger partial charge in [0.15, 0.2) is 0 Å². The number of nitrogens with zero attached hydrogens (tertiary/aromatic N) is 3. The standard InChI is InChI=1S/C20H28N5O9P/c1-2-31-6-7-32-11-16(27)22-5-3-4-13-9-25(20-18(13)19(21)23-12-24-20)17-8-14(26)15(34-17)10-33-35(28,29)30/h9,12,14-15,17,26H,2,5-8,10-11H2,1H3,(H,22,27)(H2,21,23,24)(H2,28,29,30)/t14-,15-,17-/m1/s1. The molecule has 0 saturated carbocycles. The topological polar surface area (TPSA) is 201 Å². The van der Waals surface area contributed by atoms with Crippen LogP contribution in [-0.2, 0) is 28.1 Å². The summed E-state index contributed by atoms with van der Waals surface area (Å²) in [6.45, 7) is 2.65. The van der Waals surface area contributed by atoms with Crippen molar-refractivity contribution in [2.24, 2.45) is 0 Å². The number of fused-ring (bicyclic) bond motifs is 1. The van der Waals surface area contributed by atoms with Crippen LogP contribution in [0, 0.1) is 11.8 Å². The molecule has 1 fully saturated rings. The first-order valence-electron chi connectivity index (χ1n) is 10.7. The van der Waals surface area contributed by atoms with Gasteiger partial charge in [0, 0.05) is 19.2 Å². The van der Waals surface area contributed by atoms with Crippen LogP contribution in [0.25, 0.3) is 11.0 Å². The van der Waals surface area contributed by atoms with Crippen molar-refractivity contribution in [3.05, 3.63) is 18.1 Å². The van der Waals surface area contributed by atoms with Gasteiger partial charge in [-0.15, -0.1) is 0 Å².